The lowest BCUT2D eigenvalue weighted by Crippen LogP contribution is -2.18. The van der Waals surface area contributed by atoms with Gasteiger partial charge in [0.25, 0.3) is 10.0 Å². The van der Waals surface area contributed by atoms with Crippen molar-refractivity contribution in [3.8, 4) is 11.5 Å². The fourth-order valence-electron chi connectivity index (χ4n) is 2.52. The van der Waals surface area contributed by atoms with Crippen LogP contribution in [0.25, 0.3) is 0 Å². The number of nitrogens with one attached hydrogen (secondary N) is 1. The van der Waals surface area contributed by atoms with E-state index in [1.54, 1.807) is 48.5 Å². The van der Waals surface area contributed by atoms with Crippen LogP contribution >= 0.6 is 0 Å². The van der Waals surface area contributed by atoms with Gasteiger partial charge < -0.3 is 9.47 Å². The quantitative estimate of drug-likeness (QED) is 0.271. The molecule has 0 fully saturated rings. The first-order valence-corrected chi connectivity index (χ1v) is 10.4. The predicted molar refractivity (Wildman–Crippen MR) is 113 cm³/mol. The summed E-state index contributed by atoms with van der Waals surface area (Å²) < 4.78 is 35.0. The first-order chi connectivity index (χ1) is 14.4. The Labute approximate surface area is 175 Å². The third-order valence-electron chi connectivity index (χ3n) is 4.12. The monoisotopic (exact) mass is 424 g/mol. The number of hydrogen-bond acceptors (Lipinski definition) is 6. The van der Waals surface area contributed by atoms with Gasteiger partial charge in [0.2, 0.25) is 0 Å². The summed E-state index contributed by atoms with van der Waals surface area (Å²) in [5.41, 5.74) is 2.01. The molecule has 0 saturated heterocycles. The number of benzene rings is 3. The van der Waals surface area contributed by atoms with Crippen molar-refractivity contribution in [2.24, 2.45) is 5.10 Å². The maximum atomic E-state index is 12.3. The molecule has 0 aliphatic carbocycles. The van der Waals surface area contributed by atoms with Crippen LogP contribution in [-0.2, 0) is 10.0 Å². The molecule has 0 aliphatic heterocycles. The minimum absolute atomic E-state index is 0.109. The highest BCUT2D eigenvalue weighted by Gasteiger charge is 2.13. The molecule has 1 N–H and O–H groups in total. The van der Waals surface area contributed by atoms with Crippen molar-refractivity contribution in [2.45, 2.75) is 11.8 Å². The van der Waals surface area contributed by atoms with Gasteiger partial charge in [0, 0.05) is 0 Å². The van der Waals surface area contributed by atoms with Gasteiger partial charge in [-0.25, -0.2) is 9.63 Å². The zero-order valence-corrected chi connectivity index (χ0v) is 17.2. The van der Waals surface area contributed by atoms with Gasteiger partial charge in [-0.05, 0) is 55.0 Å². The van der Waals surface area contributed by atoms with E-state index in [4.69, 9.17) is 9.47 Å². The summed E-state index contributed by atoms with van der Waals surface area (Å²) in [6, 6.07) is 19.7. The molecular formula is C22H20N2O5S. The molecule has 0 heterocycles. The van der Waals surface area contributed by atoms with Crippen LogP contribution in [0.4, 0.5) is 0 Å². The van der Waals surface area contributed by atoms with Crippen LogP contribution in [0.5, 0.6) is 11.5 Å². The number of carbonyl (C=O) groups excluding carboxylic acids is 1. The SMILES string of the molecule is COc1cc(/C=N\NS(=O)(=O)c2ccccc2)ccc1OC(=O)c1ccc(C)cc1. The van der Waals surface area contributed by atoms with Crippen molar-refractivity contribution < 1.29 is 22.7 Å². The van der Waals surface area contributed by atoms with E-state index in [9.17, 15) is 13.2 Å². The Bertz CT molecular complexity index is 1160. The number of rotatable bonds is 7. The highest BCUT2D eigenvalue weighted by molar-refractivity contribution is 7.89. The average Bonchev–Trinajstić information content (AvgIpc) is 2.75. The molecule has 0 amide bonds. The lowest BCUT2D eigenvalue weighted by molar-refractivity contribution is 0.0729. The molecule has 0 radical (unpaired) electrons. The smallest absolute Gasteiger partial charge is 0.343 e. The second kappa shape index (κ2) is 9.23. The minimum atomic E-state index is -3.75. The number of carbonyl (C=O) groups is 1. The molecule has 8 heteroatoms. The van der Waals surface area contributed by atoms with Crippen LogP contribution in [0.1, 0.15) is 21.5 Å². The van der Waals surface area contributed by atoms with E-state index in [0.717, 1.165) is 5.56 Å². The van der Waals surface area contributed by atoms with Crippen LogP contribution in [0, 0.1) is 6.92 Å². The molecule has 0 aliphatic rings. The summed E-state index contributed by atoms with van der Waals surface area (Å²) in [7, 11) is -2.31. The largest absolute Gasteiger partial charge is 0.493 e. The van der Waals surface area contributed by atoms with Crippen LogP contribution in [0.2, 0.25) is 0 Å². The number of ether oxygens (including phenoxy) is 2. The number of methoxy groups -OCH3 is 1. The van der Waals surface area contributed by atoms with E-state index in [1.807, 2.05) is 19.1 Å². The lowest BCUT2D eigenvalue weighted by Gasteiger charge is -2.10. The summed E-state index contributed by atoms with van der Waals surface area (Å²) in [6.07, 6.45) is 1.33. The zero-order valence-electron chi connectivity index (χ0n) is 16.4. The van der Waals surface area contributed by atoms with E-state index in [2.05, 4.69) is 9.93 Å². The Morgan fingerprint density at radius 3 is 2.33 bits per heavy atom. The molecule has 0 unspecified atom stereocenters. The van der Waals surface area contributed by atoms with Gasteiger partial charge >= 0.3 is 5.97 Å². The van der Waals surface area contributed by atoms with Gasteiger partial charge in [0.15, 0.2) is 11.5 Å². The number of nitrogens with zero attached hydrogens (tertiary/aromatic N) is 1. The number of esters is 1. The highest BCUT2D eigenvalue weighted by atomic mass is 32.2. The Kier molecular flexibility index (Phi) is 6.48. The standard InChI is InChI=1S/C22H20N2O5S/c1-16-8-11-18(12-9-16)22(25)29-20-13-10-17(14-21(20)28-2)15-23-24-30(26,27)19-6-4-3-5-7-19/h3-15,24H,1-2H3/b23-15-. The second-order valence-electron chi connectivity index (χ2n) is 6.33. The lowest BCUT2D eigenvalue weighted by atomic mass is 10.1. The minimum Gasteiger partial charge on any atom is -0.493 e. The van der Waals surface area contributed by atoms with Crippen molar-refractivity contribution in [2.75, 3.05) is 7.11 Å². The maximum Gasteiger partial charge on any atom is 0.343 e. The first-order valence-electron chi connectivity index (χ1n) is 8.96. The van der Waals surface area contributed by atoms with Crippen molar-refractivity contribution in [3.05, 3.63) is 89.5 Å². The van der Waals surface area contributed by atoms with Gasteiger partial charge in [-0.2, -0.15) is 13.5 Å². The second-order valence-corrected chi connectivity index (χ2v) is 7.99. The summed E-state index contributed by atoms with van der Waals surface area (Å²) in [4.78, 5) is 14.6. The number of hydrazone groups is 1. The van der Waals surface area contributed by atoms with E-state index < -0.39 is 16.0 Å². The molecule has 7 nitrogen and oxygen atoms in total. The van der Waals surface area contributed by atoms with Crippen LogP contribution < -0.4 is 14.3 Å². The normalized spacial score (nSPS) is 11.3. The van der Waals surface area contributed by atoms with E-state index in [0.29, 0.717) is 16.9 Å². The molecule has 3 rings (SSSR count). The summed E-state index contributed by atoms with van der Waals surface area (Å²) in [5, 5.41) is 3.79. The Morgan fingerprint density at radius 1 is 0.967 bits per heavy atom. The van der Waals surface area contributed by atoms with Gasteiger partial charge in [-0.3, -0.25) is 0 Å². The third-order valence-corrected chi connectivity index (χ3v) is 5.36. The molecule has 3 aromatic rings. The van der Waals surface area contributed by atoms with Gasteiger partial charge in [0.05, 0.1) is 23.8 Å². The fourth-order valence-corrected chi connectivity index (χ4v) is 3.33. The molecular weight excluding hydrogens is 404 g/mol. The molecule has 0 bridgehead atoms. The molecule has 154 valence electrons. The Morgan fingerprint density at radius 2 is 1.67 bits per heavy atom. The first kappa shape index (κ1) is 21.1. The Hall–Kier alpha value is -3.65. The third kappa shape index (κ3) is 5.24. The summed E-state index contributed by atoms with van der Waals surface area (Å²) in [5.74, 6) is 0.0424. The molecule has 0 aromatic heterocycles. The molecule has 0 atom stereocenters. The van der Waals surface area contributed by atoms with Gasteiger partial charge in [-0.15, -0.1) is 0 Å². The maximum absolute atomic E-state index is 12.3. The van der Waals surface area contributed by atoms with Crippen molar-refractivity contribution in [1.29, 1.82) is 0 Å². The topological polar surface area (TPSA) is 94.1 Å². The van der Waals surface area contributed by atoms with Crippen LogP contribution in [0.15, 0.2) is 82.8 Å². The molecule has 30 heavy (non-hydrogen) atoms. The number of hydrogen-bond donors (Lipinski definition) is 1. The zero-order chi connectivity index (χ0) is 21.6. The molecule has 3 aromatic carbocycles. The van der Waals surface area contributed by atoms with E-state index >= 15 is 0 Å². The van der Waals surface area contributed by atoms with Gasteiger partial charge in [0.1, 0.15) is 0 Å². The van der Waals surface area contributed by atoms with Crippen molar-refractivity contribution in [1.82, 2.24) is 4.83 Å². The average molecular weight is 424 g/mol. The van der Waals surface area contributed by atoms with Gasteiger partial charge in [-0.1, -0.05) is 35.9 Å². The number of sulfonamides is 1. The molecule has 0 saturated carbocycles. The summed E-state index contributed by atoms with van der Waals surface area (Å²) >= 11 is 0. The van der Waals surface area contributed by atoms with Crippen LogP contribution in [0.3, 0.4) is 0 Å². The van der Waals surface area contributed by atoms with E-state index in [1.165, 1.54) is 25.5 Å². The van der Waals surface area contributed by atoms with Crippen molar-refractivity contribution >= 4 is 22.2 Å². The predicted octanol–water partition coefficient (Wildman–Crippen LogP) is 3.54. The number of aryl methyl sites for hydroxylation is 1. The fraction of sp³-hybridized carbons (Fsp3) is 0.0909. The highest BCUT2D eigenvalue weighted by Crippen LogP contribution is 2.28. The van der Waals surface area contributed by atoms with E-state index in [-0.39, 0.29) is 10.6 Å². The molecule has 0 spiro atoms. The van der Waals surface area contributed by atoms with Crippen molar-refractivity contribution in [3.63, 3.8) is 0 Å². The Balaban J connectivity index is 1.71. The van der Waals surface area contributed by atoms with Crippen LogP contribution in [-0.4, -0.2) is 27.7 Å². The summed E-state index contributed by atoms with van der Waals surface area (Å²) in [6.45, 7) is 1.93.